The maximum Gasteiger partial charge on any atom is 0.343 e. The molecule has 0 spiro atoms. The van der Waals surface area contributed by atoms with Gasteiger partial charge in [-0.3, -0.25) is 0 Å². The van der Waals surface area contributed by atoms with Crippen LogP contribution in [0.3, 0.4) is 0 Å². The summed E-state index contributed by atoms with van der Waals surface area (Å²) in [4.78, 5) is 12.8. The number of carbonyl (C=O) groups excluding carboxylic acids is 1. The van der Waals surface area contributed by atoms with Crippen LogP contribution in [0.2, 0.25) is 0 Å². The van der Waals surface area contributed by atoms with Crippen molar-refractivity contribution >= 4 is 5.97 Å². The number of aromatic hydroxyl groups is 3. The fraction of sp³-hybridized carbons (Fsp3) is 0.0741. The summed E-state index contributed by atoms with van der Waals surface area (Å²) in [6, 6.07) is 23.8. The Bertz CT molecular complexity index is 1180. The van der Waals surface area contributed by atoms with Crippen molar-refractivity contribution in [3.63, 3.8) is 0 Å². The summed E-state index contributed by atoms with van der Waals surface area (Å²) < 4.78 is 17.0. The number of hydrogen-bond acceptors (Lipinski definition) is 7. The van der Waals surface area contributed by atoms with E-state index in [0.717, 1.165) is 11.1 Å². The van der Waals surface area contributed by atoms with E-state index in [1.165, 1.54) is 48.5 Å². The smallest absolute Gasteiger partial charge is 0.343 e. The van der Waals surface area contributed by atoms with Crippen LogP contribution in [0.4, 0.5) is 0 Å². The third-order valence-electron chi connectivity index (χ3n) is 4.82. The van der Waals surface area contributed by atoms with Gasteiger partial charge in [-0.2, -0.15) is 0 Å². The van der Waals surface area contributed by atoms with Gasteiger partial charge in [0.25, 0.3) is 0 Å². The van der Waals surface area contributed by atoms with Crippen molar-refractivity contribution in [1.82, 2.24) is 0 Å². The molecule has 7 nitrogen and oxygen atoms in total. The van der Waals surface area contributed by atoms with Gasteiger partial charge in [0.1, 0.15) is 47.7 Å². The highest BCUT2D eigenvalue weighted by molar-refractivity contribution is 5.91. The zero-order chi connectivity index (χ0) is 23.9. The minimum Gasteiger partial charge on any atom is -0.508 e. The Morgan fingerprint density at radius 2 is 0.941 bits per heavy atom. The van der Waals surface area contributed by atoms with Crippen LogP contribution in [-0.2, 0) is 13.2 Å². The molecule has 3 N–H and O–H groups in total. The molecule has 4 rings (SSSR count). The van der Waals surface area contributed by atoms with Crippen molar-refractivity contribution in [1.29, 1.82) is 0 Å². The second-order valence-electron chi connectivity index (χ2n) is 7.49. The lowest BCUT2D eigenvalue weighted by Gasteiger charge is -2.12. The maximum absolute atomic E-state index is 12.8. The zero-order valence-corrected chi connectivity index (χ0v) is 18.0. The van der Waals surface area contributed by atoms with Crippen molar-refractivity contribution in [3.05, 3.63) is 108 Å². The number of hydrogen-bond donors (Lipinski definition) is 3. The average molecular weight is 458 g/mol. The van der Waals surface area contributed by atoms with Crippen molar-refractivity contribution < 1.29 is 34.3 Å². The first-order valence-electron chi connectivity index (χ1n) is 10.4. The lowest BCUT2D eigenvalue weighted by molar-refractivity contribution is 0.0734. The van der Waals surface area contributed by atoms with Gasteiger partial charge in [0.05, 0.1) is 5.56 Å². The van der Waals surface area contributed by atoms with E-state index in [4.69, 9.17) is 14.2 Å². The molecular weight excluding hydrogens is 436 g/mol. The molecule has 4 aromatic carbocycles. The largest absolute Gasteiger partial charge is 0.508 e. The van der Waals surface area contributed by atoms with Crippen LogP contribution >= 0.6 is 0 Å². The Morgan fingerprint density at radius 1 is 0.559 bits per heavy atom. The number of carbonyl (C=O) groups is 1. The first-order chi connectivity index (χ1) is 16.4. The lowest BCUT2D eigenvalue weighted by Crippen LogP contribution is -2.11. The van der Waals surface area contributed by atoms with Crippen LogP contribution in [0, 0.1) is 0 Å². The predicted molar refractivity (Wildman–Crippen MR) is 124 cm³/mol. The molecular formula is C27H22O7. The zero-order valence-electron chi connectivity index (χ0n) is 18.0. The lowest BCUT2D eigenvalue weighted by atomic mass is 10.1. The van der Waals surface area contributed by atoms with Gasteiger partial charge in [-0.25, -0.2) is 4.79 Å². The van der Waals surface area contributed by atoms with Gasteiger partial charge in [0.15, 0.2) is 0 Å². The van der Waals surface area contributed by atoms with Gasteiger partial charge in [0, 0.05) is 0 Å². The van der Waals surface area contributed by atoms with E-state index in [1.807, 2.05) is 6.07 Å². The van der Waals surface area contributed by atoms with Gasteiger partial charge in [-0.05, 0) is 102 Å². The quantitative estimate of drug-likeness (QED) is 0.247. The van der Waals surface area contributed by atoms with Crippen LogP contribution in [0.15, 0.2) is 91.0 Å². The normalized spacial score (nSPS) is 10.5. The van der Waals surface area contributed by atoms with Gasteiger partial charge in [0.2, 0.25) is 0 Å². The van der Waals surface area contributed by atoms with Crippen molar-refractivity contribution in [2.75, 3.05) is 0 Å². The Labute approximate surface area is 196 Å². The number of phenols is 3. The van der Waals surface area contributed by atoms with Crippen LogP contribution in [0.5, 0.6) is 34.5 Å². The Hall–Kier alpha value is -4.65. The van der Waals surface area contributed by atoms with Crippen LogP contribution < -0.4 is 14.2 Å². The maximum atomic E-state index is 12.8. The van der Waals surface area contributed by atoms with Crippen LogP contribution in [0.25, 0.3) is 0 Å². The van der Waals surface area contributed by atoms with E-state index in [-0.39, 0.29) is 30.5 Å². The summed E-state index contributed by atoms with van der Waals surface area (Å²) in [5.41, 5.74) is 1.75. The monoisotopic (exact) mass is 458 g/mol. The standard InChI is InChI=1S/C27H22O7/c28-21-1-7-24(8-2-21)32-16-18-13-19(17-33-25-9-3-22(29)4-10-25)15-20(14-18)27(31)34-26-11-5-23(30)6-12-26/h1-15,28-30H,16-17H2. The van der Waals surface area contributed by atoms with Crippen LogP contribution in [-0.4, -0.2) is 21.3 Å². The summed E-state index contributed by atoms with van der Waals surface area (Å²) in [7, 11) is 0. The van der Waals surface area contributed by atoms with E-state index < -0.39 is 5.97 Å². The molecule has 0 saturated carbocycles. The summed E-state index contributed by atoms with van der Waals surface area (Å²) in [6.07, 6.45) is 0. The Kier molecular flexibility index (Phi) is 6.84. The second kappa shape index (κ2) is 10.3. The number of phenolic OH excluding ortho intramolecular Hbond substituents is 3. The van der Waals surface area contributed by atoms with Gasteiger partial charge < -0.3 is 29.5 Å². The number of rotatable bonds is 8. The molecule has 172 valence electrons. The van der Waals surface area contributed by atoms with Crippen LogP contribution in [0.1, 0.15) is 21.5 Å². The van der Waals surface area contributed by atoms with Gasteiger partial charge in [-0.15, -0.1) is 0 Å². The summed E-state index contributed by atoms with van der Waals surface area (Å²) in [5, 5.41) is 28.3. The van der Waals surface area contributed by atoms with Gasteiger partial charge in [-0.1, -0.05) is 0 Å². The van der Waals surface area contributed by atoms with Crippen molar-refractivity contribution in [2.45, 2.75) is 13.2 Å². The molecule has 0 aliphatic carbocycles. The SMILES string of the molecule is O=C(Oc1ccc(O)cc1)c1cc(COc2ccc(O)cc2)cc(COc2ccc(O)cc2)c1. The highest BCUT2D eigenvalue weighted by Gasteiger charge is 2.13. The van der Waals surface area contributed by atoms with E-state index in [1.54, 1.807) is 36.4 Å². The van der Waals surface area contributed by atoms with E-state index in [2.05, 4.69) is 0 Å². The molecule has 0 aromatic heterocycles. The fourth-order valence-electron chi connectivity index (χ4n) is 3.15. The number of esters is 1. The third-order valence-corrected chi connectivity index (χ3v) is 4.82. The van der Waals surface area contributed by atoms with Crippen molar-refractivity contribution in [2.24, 2.45) is 0 Å². The summed E-state index contributed by atoms with van der Waals surface area (Å²) in [6.45, 7) is 0.356. The molecule has 0 fully saturated rings. The minimum absolute atomic E-state index is 0.0711. The Morgan fingerprint density at radius 3 is 1.35 bits per heavy atom. The number of benzene rings is 4. The molecule has 0 aliphatic heterocycles. The minimum atomic E-state index is -0.567. The molecule has 0 heterocycles. The molecule has 0 saturated heterocycles. The molecule has 4 aromatic rings. The number of ether oxygens (including phenoxy) is 3. The molecule has 0 aliphatic rings. The molecule has 0 unspecified atom stereocenters. The average Bonchev–Trinajstić information content (AvgIpc) is 2.84. The highest BCUT2D eigenvalue weighted by Crippen LogP contribution is 2.22. The van der Waals surface area contributed by atoms with E-state index >= 15 is 0 Å². The van der Waals surface area contributed by atoms with E-state index in [0.29, 0.717) is 22.8 Å². The highest BCUT2D eigenvalue weighted by atomic mass is 16.5. The van der Waals surface area contributed by atoms with E-state index in [9.17, 15) is 20.1 Å². The van der Waals surface area contributed by atoms with Crippen molar-refractivity contribution in [3.8, 4) is 34.5 Å². The molecule has 0 bridgehead atoms. The molecule has 0 amide bonds. The topological polar surface area (TPSA) is 105 Å². The predicted octanol–water partition coefficient (Wildman–Crippen LogP) is 5.18. The molecule has 7 heteroatoms. The first kappa shape index (κ1) is 22.5. The molecule has 0 atom stereocenters. The fourth-order valence-corrected chi connectivity index (χ4v) is 3.15. The first-order valence-corrected chi connectivity index (χ1v) is 10.4. The Balaban J connectivity index is 1.53. The summed E-state index contributed by atoms with van der Waals surface area (Å²) in [5.74, 6) is 1.22. The second-order valence-corrected chi connectivity index (χ2v) is 7.49. The van der Waals surface area contributed by atoms with Gasteiger partial charge >= 0.3 is 5.97 Å². The molecule has 0 radical (unpaired) electrons. The molecule has 34 heavy (non-hydrogen) atoms. The third kappa shape index (κ3) is 6.20. The summed E-state index contributed by atoms with van der Waals surface area (Å²) >= 11 is 0.